The summed E-state index contributed by atoms with van der Waals surface area (Å²) in [5, 5.41) is 8.90. The van der Waals surface area contributed by atoms with Crippen molar-refractivity contribution in [2.75, 3.05) is 12.5 Å². The second-order valence-corrected chi connectivity index (χ2v) is 2.68. The van der Waals surface area contributed by atoms with E-state index in [1.807, 2.05) is 24.3 Å². The van der Waals surface area contributed by atoms with Crippen LogP contribution in [0.3, 0.4) is 0 Å². The summed E-state index contributed by atoms with van der Waals surface area (Å²) >= 11 is 5.46. The van der Waals surface area contributed by atoms with Crippen LogP contribution in [0.4, 0.5) is 0 Å². The second-order valence-electron chi connectivity index (χ2n) is 2.30. The molecule has 2 nitrogen and oxygen atoms in total. The fourth-order valence-electron chi connectivity index (χ4n) is 0.924. The largest absolute Gasteiger partial charge is 0.492 e. The quantitative estimate of drug-likeness (QED) is 0.727. The lowest BCUT2D eigenvalue weighted by Crippen LogP contribution is -2.00. The van der Waals surface area contributed by atoms with Crippen LogP contribution >= 0.6 is 11.6 Å². The molecule has 1 aromatic rings. The molecule has 1 rings (SSSR count). The van der Waals surface area contributed by atoms with Gasteiger partial charge in [0, 0.05) is 5.56 Å². The summed E-state index contributed by atoms with van der Waals surface area (Å²) in [5.74, 6) is 1.17. The average Bonchev–Trinajstić information content (AvgIpc) is 2.15. The third kappa shape index (κ3) is 2.40. The monoisotopic (exact) mass is 186 g/mol. The number of ether oxygens (including phenoxy) is 1. The molecule has 0 spiro atoms. The zero-order chi connectivity index (χ0) is 8.81. The SMILES string of the molecule is OCc1ccccc1OCCCl. The van der Waals surface area contributed by atoms with Gasteiger partial charge < -0.3 is 9.84 Å². The summed E-state index contributed by atoms with van der Waals surface area (Å²) in [6.07, 6.45) is 0. The standard InChI is InChI=1S/C9H11ClO2/c10-5-6-12-9-4-2-1-3-8(9)7-11/h1-4,11H,5-7H2. The van der Waals surface area contributed by atoms with Gasteiger partial charge in [-0.3, -0.25) is 0 Å². The minimum Gasteiger partial charge on any atom is -0.492 e. The van der Waals surface area contributed by atoms with Crippen molar-refractivity contribution in [3.05, 3.63) is 29.8 Å². The topological polar surface area (TPSA) is 29.5 Å². The van der Waals surface area contributed by atoms with Crippen LogP contribution in [-0.2, 0) is 6.61 Å². The molecule has 1 N–H and O–H groups in total. The van der Waals surface area contributed by atoms with Gasteiger partial charge in [0.05, 0.1) is 12.5 Å². The maximum Gasteiger partial charge on any atom is 0.124 e. The van der Waals surface area contributed by atoms with Gasteiger partial charge in [0.2, 0.25) is 0 Å². The molecule has 0 aromatic heterocycles. The first-order valence-electron chi connectivity index (χ1n) is 3.76. The fourth-order valence-corrected chi connectivity index (χ4v) is 1.00. The number of aliphatic hydroxyl groups excluding tert-OH is 1. The number of aliphatic hydroxyl groups is 1. The highest BCUT2D eigenvalue weighted by Crippen LogP contribution is 2.17. The number of benzene rings is 1. The van der Waals surface area contributed by atoms with Crippen molar-refractivity contribution in [2.45, 2.75) is 6.61 Å². The molecule has 3 heteroatoms. The van der Waals surface area contributed by atoms with E-state index in [4.69, 9.17) is 21.4 Å². The number of hydrogen-bond acceptors (Lipinski definition) is 2. The van der Waals surface area contributed by atoms with Crippen molar-refractivity contribution in [1.29, 1.82) is 0 Å². The molecule has 0 fully saturated rings. The van der Waals surface area contributed by atoms with E-state index in [2.05, 4.69) is 0 Å². The molecular weight excluding hydrogens is 176 g/mol. The Morgan fingerprint density at radius 1 is 1.33 bits per heavy atom. The molecular formula is C9H11ClO2. The van der Waals surface area contributed by atoms with Gasteiger partial charge in [0.25, 0.3) is 0 Å². The molecule has 1 aromatic carbocycles. The fraction of sp³-hybridized carbons (Fsp3) is 0.333. The molecule has 0 bridgehead atoms. The average molecular weight is 187 g/mol. The third-order valence-electron chi connectivity index (χ3n) is 1.48. The minimum atomic E-state index is -0.00153. The molecule has 0 radical (unpaired) electrons. The third-order valence-corrected chi connectivity index (χ3v) is 1.63. The summed E-state index contributed by atoms with van der Waals surface area (Å²) in [6, 6.07) is 7.36. The van der Waals surface area contributed by atoms with Gasteiger partial charge in [-0.15, -0.1) is 11.6 Å². The minimum absolute atomic E-state index is 0.00153. The Labute approximate surface area is 76.7 Å². The number of hydrogen-bond donors (Lipinski definition) is 1. The molecule has 12 heavy (non-hydrogen) atoms. The van der Waals surface area contributed by atoms with Gasteiger partial charge in [-0.1, -0.05) is 18.2 Å². The van der Waals surface area contributed by atoms with E-state index in [1.165, 1.54) is 0 Å². The Bertz CT molecular complexity index is 238. The lowest BCUT2D eigenvalue weighted by molar-refractivity contribution is 0.267. The van der Waals surface area contributed by atoms with Gasteiger partial charge >= 0.3 is 0 Å². The van der Waals surface area contributed by atoms with E-state index in [1.54, 1.807) is 0 Å². The maximum absolute atomic E-state index is 8.90. The number of para-hydroxylation sites is 1. The lowest BCUT2D eigenvalue weighted by atomic mass is 10.2. The number of rotatable bonds is 4. The summed E-state index contributed by atoms with van der Waals surface area (Å²) < 4.78 is 5.29. The van der Waals surface area contributed by atoms with Crippen molar-refractivity contribution in [3.63, 3.8) is 0 Å². The normalized spacial score (nSPS) is 9.83. The molecule has 0 saturated carbocycles. The van der Waals surface area contributed by atoms with E-state index in [0.717, 1.165) is 5.56 Å². The molecule has 0 aliphatic heterocycles. The molecule has 0 heterocycles. The van der Waals surface area contributed by atoms with Crippen LogP contribution in [0.5, 0.6) is 5.75 Å². The van der Waals surface area contributed by atoms with Gasteiger partial charge in [-0.05, 0) is 6.07 Å². The highest BCUT2D eigenvalue weighted by Gasteiger charge is 1.99. The Hall–Kier alpha value is -0.730. The predicted molar refractivity (Wildman–Crippen MR) is 48.6 cm³/mol. The summed E-state index contributed by atoms with van der Waals surface area (Å²) in [4.78, 5) is 0. The van der Waals surface area contributed by atoms with E-state index < -0.39 is 0 Å². The Morgan fingerprint density at radius 3 is 2.75 bits per heavy atom. The molecule has 0 atom stereocenters. The summed E-state index contributed by atoms with van der Waals surface area (Å²) in [7, 11) is 0. The smallest absolute Gasteiger partial charge is 0.124 e. The van der Waals surface area contributed by atoms with E-state index in [9.17, 15) is 0 Å². The number of alkyl halides is 1. The van der Waals surface area contributed by atoms with Gasteiger partial charge in [0.15, 0.2) is 0 Å². The van der Waals surface area contributed by atoms with E-state index >= 15 is 0 Å². The first kappa shape index (κ1) is 9.36. The van der Waals surface area contributed by atoms with Crippen LogP contribution in [0.25, 0.3) is 0 Å². The van der Waals surface area contributed by atoms with Crippen LogP contribution in [0.15, 0.2) is 24.3 Å². The highest BCUT2D eigenvalue weighted by molar-refractivity contribution is 6.18. The van der Waals surface area contributed by atoms with Crippen molar-refractivity contribution < 1.29 is 9.84 Å². The van der Waals surface area contributed by atoms with Gasteiger partial charge in [-0.25, -0.2) is 0 Å². The van der Waals surface area contributed by atoms with Crippen molar-refractivity contribution >= 4 is 11.6 Å². The van der Waals surface area contributed by atoms with Crippen LogP contribution in [0.2, 0.25) is 0 Å². The Morgan fingerprint density at radius 2 is 2.08 bits per heavy atom. The first-order chi connectivity index (χ1) is 5.88. The molecule has 0 aliphatic carbocycles. The van der Waals surface area contributed by atoms with E-state index in [-0.39, 0.29) is 6.61 Å². The van der Waals surface area contributed by atoms with Crippen LogP contribution < -0.4 is 4.74 Å². The van der Waals surface area contributed by atoms with Crippen LogP contribution in [0, 0.1) is 0 Å². The highest BCUT2D eigenvalue weighted by atomic mass is 35.5. The zero-order valence-electron chi connectivity index (χ0n) is 6.66. The summed E-state index contributed by atoms with van der Waals surface area (Å²) in [5.41, 5.74) is 0.794. The molecule has 0 aliphatic rings. The summed E-state index contributed by atoms with van der Waals surface area (Å²) in [6.45, 7) is 0.469. The Kier molecular flexibility index (Phi) is 3.91. The predicted octanol–water partition coefficient (Wildman–Crippen LogP) is 1.80. The van der Waals surface area contributed by atoms with Crippen LogP contribution in [0.1, 0.15) is 5.56 Å². The molecule has 0 amide bonds. The van der Waals surface area contributed by atoms with Crippen molar-refractivity contribution in [3.8, 4) is 5.75 Å². The van der Waals surface area contributed by atoms with Crippen molar-refractivity contribution in [2.24, 2.45) is 0 Å². The van der Waals surface area contributed by atoms with Crippen molar-refractivity contribution in [1.82, 2.24) is 0 Å². The molecule has 0 unspecified atom stereocenters. The molecule has 66 valence electrons. The van der Waals surface area contributed by atoms with Crippen LogP contribution in [-0.4, -0.2) is 17.6 Å². The maximum atomic E-state index is 8.90. The first-order valence-corrected chi connectivity index (χ1v) is 4.29. The zero-order valence-corrected chi connectivity index (χ0v) is 7.42. The molecule has 0 saturated heterocycles. The van der Waals surface area contributed by atoms with Gasteiger partial charge in [-0.2, -0.15) is 0 Å². The second kappa shape index (κ2) is 5.01. The lowest BCUT2D eigenvalue weighted by Gasteiger charge is -2.07. The number of halogens is 1. The van der Waals surface area contributed by atoms with E-state index in [0.29, 0.717) is 18.2 Å². The Balaban J connectivity index is 2.68. The van der Waals surface area contributed by atoms with Gasteiger partial charge in [0.1, 0.15) is 12.4 Å².